The first kappa shape index (κ1) is 16.5. The molecule has 0 fully saturated rings. The molecule has 0 amide bonds. The van der Waals surface area contributed by atoms with Crippen LogP contribution in [0.4, 0.5) is 0 Å². The van der Waals surface area contributed by atoms with Crippen LogP contribution in [-0.2, 0) is 6.42 Å². The van der Waals surface area contributed by atoms with Crippen LogP contribution in [-0.4, -0.2) is 23.6 Å². The topological polar surface area (TPSA) is 47.0 Å². The predicted octanol–water partition coefficient (Wildman–Crippen LogP) is 3.64. The van der Waals surface area contributed by atoms with Gasteiger partial charge in [0.05, 0.1) is 7.11 Å². The van der Waals surface area contributed by atoms with Crippen LogP contribution >= 0.6 is 34.2 Å². The summed E-state index contributed by atoms with van der Waals surface area (Å²) in [6.07, 6.45) is 2.28. The molecule has 2 aromatic rings. The average Bonchev–Trinajstić information content (AvgIpc) is 2.49. The highest BCUT2D eigenvalue weighted by Crippen LogP contribution is 2.26. The molecule has 0 bridgehead atoms. The summed E-state index contributed by atoms with van der Waals surface area (Å²) in [5, 5.41) is 4.23. The first-order valence-electron chi connectivity index (χ1n) is 6.67. The van der Waals surface area contributed by atoms with Gasteiger partial charge in [0, 0.05) is 32.8 Å². The molecule has 1 atom stereocenters. The zero-order valence-corrected chi connectivity index (χ0v) is 14.9. The molecule has 1 heterocycles. The monoisotopic (exact) mass is 417 g/mol. The number of nitrogens with zero attached hydrogens (tertiary/aromatic N) is 2. The molecule has 0 aliphatic heterocycles. The van der Waals surface area contributed by atoms with Gasteiger partial charge in [-0.25, -0.2) is 9.97 Å². The van der Waals surface area contributed by atoms with Gasteiger partial charge in [0.1, 0.15) is 6.33 Å². The minimum absolute atomic E-state index is 0.153. The zero-order chi connectivity index (χ0) is 15.2. The van der Waals surface area contributed by atoms with Gasteiger partial charge in [-0.1, -0.05) is 18.5 Å². The summed E-state index contributed by atoms with van der Waals surface area (Å²) < 4.78 is 6.34. The van der Waals surface area contributed by atoms with Crippen molar-refractivity contribution >= 4 is 34.2 Å². The third-order valence-corrected chi connectivity index (χ3v) is 4.32. The number of hydrogen-bond donors (Lipinski definition) is 1. The number of halogens is 2. The Morgan fingerprint density at radius 1 is 1.33 bits per heavy atom. The molecule has 1 unspecified atom stereocenters. The Morgan fingerprint density at radius 3 is 2.86 bits per heavy atom. The van der Waals surface area contributed by atoms with Crippen molar-refractivity contribution in [3.05, 3.63) is 50.4 Å². The van der Waals surface area contributed by atoms with Crippen LogP contribution < -0.4 is 10.1 Å². The van der Waals surface area contributed by atoms with Gasteiger partial charge in [-0.2, -0.15) is 0 Å². The Morgan fingerprint density at radius 2 is 2.14 bits per heavy atom. The van der Waals surface area contributed by atoms with Gasteiger partial charge >= 0.3 is 0 Å². The van der Waals surface area contributed by atoms with E-state index < -0.39 is 0 Å². The third-order valence-electron chi connectivity index (χ3n) is 3.11. The molecule has 21 heavy (non-hydrogen) atoms. The first-order valence-corrected chi connectivity index (χ1v) is 8.13. The summed E-state index contributed by atoms with van der Waals surface area (Å²) in [4.78, 5) is 8.36. The van der Waals surface area contributed by atoms with Gasteiger partial charge in [0.2, 0.25) is 5.88 Å². The molecule has 1 aromatic carbocycles. The van der Waals surface area contributed by atoms with E-state index in [0.29, 0.717) is 5.88 Å². The molecule has 0 aliphatic rings. The van der Waals surface area contributed by atoms with Crippen molar-refractivity contribution in [3.8, 4) is 5.88 Å². The van der Waals surface area contributed by atoms with E-state index in [0.717, 1.165) is 23.7 Å². The highest BCUT2D eigenvalue weighted by atomic mass is 127. The highest BCUT2D eigenvalue weighted by molar-refractivity contribution is 14.1. The van der Waals surface area contributed by atoms with E-state index in [4.69, 9.17) is 16.3 Å². The fourth-order valence-electron chi connectivity index (χ4n) is 2.13. The fraction of sp³-hybridized carbons (Fsp3) is 0.333. The van der Waals surface area contributed by atoms with Crippen molar-refractivity contribution in [1.82, 2.24) is 15.3 Å². The van der Waals surface area contributed by atoms with Crippen LogP contribution in [0.5, 0.6) is 5.88 Å². The lowest BCUT2D eigenvalue weighted by atomic mass is 10.0. The second-order valence-electron chi connectivity index (χ2n) is 4.53. The Hall–Kier alpha value is -0.920. The van der Waals surface area contributed by atoms with Crippen LogP contribution in [0.25, 0.3) is 0 Å². The molecule has 1 N–H and O–H groups in total. The Kier molecular flexibility index (Phi) is 6.20. The molecule has 0 saturated heterocycles. The van der Waals surface area contributed by atoms with Crippen LogP contribution in [0.1, 0.15) is 24.2 Å². The predicted molar refractivity (Wildman–Crippen MR) is 92.9 cm³/mol. The molecule has 0 aliphatic carbocycles. The number of ether oxygens (including phenoxy) is 1. The molecule has 0 radical (unpaired) electrons. The molecular formula is C15H17ClIN3O. The van der Waals surface area contributed by atoms with Gasteiger partial charge in [-0.3, -0.25) is 0 Å². The Labute approximate surface area is 143 Å². The van der Waals surface area contributed by atoms with Gasteiger partial charge in [-0.05, 0) is 52.9 Å². The average molecular weight is 418 g/mol. The van der Waals surface area contributed by atoms with E-state index in [9.17, 15) is 0 Å². The number of benzene rings is 1. The quantitative estimate of drug-likeness (QED) is 0.729. The maximum Gasteiger partial charge on any atom is 0.216 e. The smallest absolute Gasteiger partial charge is 0.216 e. The summed E-state index contributed by atoms with van der Waals surface area (Å²) in [6, 6.07) is 7.96. The van der Waals surface area contributed by atoms with Gasteiger partial charge in [-0.15, -0.1) is 0 Å². The second-order valence-corrected chi connectivity index (χ2v) is 6.13. The largest absolute Gasteiger partial charge is 0.481 e. The van der Waals surface area contributed by atoms with Gasteiger partial charge in [0.25, 0.3) is 0 Å². The lowest BCUT2D eigenvalue weighted by Crippen LogP contribution is -2.24. The molecule has 0 spiro atoms. The SMILES string of the molecule is CCNC(Cc1cc(OC)ncn1)c1cc(Cl)ccc1I. The lowest BCUT2D eigenvalue weighted by molar-refractivity contribution is 0.395. The second kappa shape index (κ2) is 7.91. The number of rotatable bonds is 6. The number of aromatic nitrogens is 2. The maximum absolute atomic E-state index is 6.13. The molecule has 4 nitrogen and oxygen atoms in total. The highest BCUT2D eigenvalue weighted by Gasteiger charge is 2.16. The van der Waals surface area contributed by atoms with Crippen molar-refractivity contribution in [2.75, 3.05) is 13.7 Å². The minimum atomic E-state index is 0.153. The van der Waals surface area contributed by atoms with Crippen LogP contribution in [0, 0.1) is 3.57 Å². The van der Waals surface area contributed by atoms with E-state index in [-0.39, 0.29) is 6.04 Å². The maximum atomic E-state index is 6.13. The van der Waals surface area contributed by atoms with Crippen LogP contribution in [0.15, 0.2) is 30.6 Å². The number of likely N-dealkylation sites (N-methyl/N-ethyl adjacent to an activating group) is 1. The van der Waals surface area contributed by atoms with E-state index >= 15 is 0 Å². The van der Waals surface area contributed by atoms with E-state index in [2.05, 4.69) is 44.8 Å². The van der Waals surface area contributed by atoms with Gasteiger partial charge < -0.3 is 10.1 Å². The van der Waals surface area contributed by atoms with E-state index in [1.165, 1.54) is 15.5 Å². The van der Waals surface area contributed by atoms with E-state index in [1.54, 1.807) is 7.11 Å². The molecule has 112 valence electrons. The van der Waals surface area contributed by atoms with E-state index in [1.807, 2.05) is 24.3 Å². The van der Waals surface area contributed by atoms with Crippen molar-refractivity contribution in [1.29, 1.82) is 0 Å². The molecular weight excluding hydrogens is 401 g/mol. The van der Waals surface area contributed by atoms with Crippen LogP contribution in [0.3, 0.4) is 0 Å². The summed E-state index contributed by atoms with van der Waals surface area (Å²) in [6.45, 7) is 2.96. The normalized spacial score (nSPS) is 12.2. The third kappa shape index (κ3) is 4.52. The Balaban J connectivity index is 2.28. The standard InChI is InChI=1S/C15H17ClIN3O/c1-3-18-14(12-6-10(16)4-5-13(12)17)7-11-8-15(21-2)20-9-19-11/h4-6,8-9,14,18H,3,7H2,1-2H3. The van der Waals surface area contributed by atoms with Crippen molar-refractivity contribution in [3.63, 3.8) is 0 Å². The summed E-state index contributed by atoms with van der Waals surface area (Å²) in [5.74, 6) is 0.580. The Bertz CT molecular complexity index is 609. The van der Waals surface area contributed by atoms with Crippen molar-refractivity contribution in [2.45, 2.75) is 19.4 Å². The lowest BCUT2D eigenvalue weighted by Gasteiger charge is -2.20. The molecule has 1 aromatic heterocycles. The minimum Gasteiger partial charge on any atom is -0.481 e. The van der Waals surface area contributed by atoms with Gasteiger partial charge in [0.15, 0.2) is 0 Å². The molecule has 6 heteroatoms. The molecule has 0 saturated carbocycles. The fourth-order valence-corrected chi connectivity index (χ4v) is 3.02. The number of hydrogen-bond acceptors (Lipinski definition) is 4. The van der Waals surface area contributed by atoms with Crippen LogP contribution in [0.2, 0.25) is 5.02 Å². The zero-order valence-electron chi connectivity index (χ0n) is 11.9. The number of methoxy groups -OCH3 is 1. The summed E-state index contributed by atoms with van der Waals surface area (Å²) in [7, 11) is 1.60. The first-order chi connectivity index (χ1) is 10.1. The number of nitrogens with one attached hydrogen (secondary N) is 1. The van der Waals surface area contributed by atoms with Crippen molar-refractivity contribution in [2.24, 2.45) is 0 Å². The molecule has 2 rings (SSSR count). The summed E-state index contributed by atoms with van der Waals surface area (Å²) >= 11 is 8.47. The van der Waals surface area contributed by atoms with Crippen molar-refractivity contribution < 1.29 is 4.74 Å². The summed E-state index contributed by atoms with van der Waals surface area (Å²) in [5.41, 5.74) is 2.12.